The molecular formula is C6H7NS. The van der Waals surface area contributed by atoms with E-state index in [2.05, 4.69) is 4.99 Å². The van der Waals surface area contributed by atoms with Gasteiger partial charge in [0, 0.05) is 17.5 Å². The summed E-state index contributed by atoms with van der Waals surface area (Å²) in [5.41, 5.74) is 0.988. The molecule has 0 bridgehead atoms. The van der Waals surface area contributed by atoms with E-state index in [0.717, 1.165) is 17.0 Å². The lowest BCUT2D eigenvalue weighted by molar-refractivity contribution is 1.41. The van der Waals surface area contributed by atoms with Crippen LogP contribution in [0.2, 0.25) is 0 Å². The molecule has 0 aliphatic carbocycles. The molecule has 0 aromatic rings. The van der Waals surface area contributed by atoms with Gasteiger partial charge in [0.1, 0.15) is 0 Å². The van der Waals surface area contributed by atoms with Gasteiger partial charge in [0.05, 0.1) is 5.71 Å². The Balaban J connectivity index is 2.80. The second-order valence-electron chi connectivity index (χ2n) is 1.73. The van der Waals surface area contributed by atoms with E-state index in [0.29, 0.717) is 0 Å². The standard InChI is InChI=1S/C6H7NS/c1-5-6(8)3-2-4-7-5/h2,4H,3H2,1H3. The van der Waals surface area contributed by atoms with E-state index in [1.165, 1.54) is 0 Å². The molecule has 0 saturated heterocycles. The molecule has 0 atom stereocenters. The molecule has 0 radical (unpaired) electrons. The van der Waals surface area contributed by atoms with Crippen LogP contribution in [0.1, 0.15) is 13.3 Å². The monoisotopic (exact) mass is 125 g/mol. The zero-order valence-electron chi connectivity index (χ0n) is 4.72. The Kier molecular flexibility index (Phi) is 1.53. The van der Waals surface area contributed by atoms with Gasteiger partial charge in [-0.25, -0.2) is 0 Å². The first kappa shape index (κ1) is 5.63. The Morgan fingerprint density at radius 2 is 2.50 bits per heavy atom. The van der Waals surface area contributed by atoms with Crippen LogP contribution in [0.25, 0.3) is 0 Å². The Morgan fingerprint density at radius 3 is 2.88 bits per heavy atom. The third kappa shape index (κ3) is 1.01. The molecule has 1 aliphatic rings. The molecule has 1 nitrogen and oxygen atoms in total. The molecule has 1 heterocycles. The normalized spacial score (nSPS) is 18.6. The summed E-state index contributed by atoms with van der Waals surface area (Å²) in [6.45, 7) is 1.94. The van der Waals surface area contributed by atoms with Gasteiger partial charge >= 0.3 is 0 Å². The fraction of sp³-hybridized carbons (Fsp3) is 0.333. The number of aliphatic imine (C=N–C) groups is 1. The largest absolute Gasteiger partial charge is 0.261 e. The average molecular weight is 125 g/mol. The van der Waals surface area contributed by atoms with Crippen LogP contribution in [0.4, 0.5) is 0 Å². The lowest BCUT2D eigenvalue weighted by Gasteiger charge is -2.00. The summed E-state index contributed by atoms with van der Waals surface area (Å²) in [6, 6.07) is 0. The number of hydrogen-bond acceptors (Lipinski definition) is 2. The van der Waals surface area contributed by atoms with Gasteiger partial charge in [0.25, 0.3) is 0 Å². The topological polar surface area (TPSA) is 12.4 Å². The van der Waals surface area contributed by atoms with E-state index in [1.54, 1.807) is 6.20 Å². The Hall–Kier alpha value is -0.500. The van der Waals surface area contributed by atoms with Gasteiger partial charge in [-0.05, 0) is 6.92 Å². The molecule has 0 aromatic carbocycles. The van der Waals surface area contributed by atoms with Crippen molar-refractivity contribution in [2.24, 2.45) is 4.99 Å². The van der Waals surface area contributed by atoms with Crippen molar-refractivity contribution in [2.45, 2.75) is 13.3 Å². The van der Waals surface area contributed by atoms with E-state index in [1.807, 2.05) is 13.0 Å². The SMILES string of the molecule is CC1=NC=CCC1=S. The minimum Gasteiger partial charge on any atom is -0.261 e. The van der Waals surface area contributed by atoms with E-state index in [4.69, 9.17) is 12.2 Å². The Labute approximate surface area is 54.1 Å². The van der Waals surface area contributed by atoms with Crippen molar-refractivity contribution < 1.29 is 0 Å². The number of nitrogens with zero attached hydrogens (tertiary/aromatic N) is 1. The first-order valence-electron chi connectivity index (χ1n) is 2.53. The molecule has 2 heteroatoms. The average Bonchev–Trinajstić information content (AvgIpc) is 1.77. The van der Waals surface area contributed by atoms with Crippen LogP contribution < -0.4 is 0 Å². The molecule has 0 aromatic heterocycles. The Morgan fingerprint density at radius 1 is 1.75 bits per heavy atom. The fourth-order valence-electron chi connectivity index (χ4n) is 0.544. The predicted octanol–water partition coefficient (Wildman–Crippen LogP) is 1.73. The molecule has 0 N–H and O–H groups in total. The van der Waals surface area contributed by atoms with Crippen molar-refractivity contribution in [2.75, 3.05) is 0 Å². The minimum atomic E-state index is 0.894. The highest BCUT2D eigenvalue weighted by atomic mass is 32.1. The van der Waals surface area contributed by atoms with Crippen LogP contribution >= 0.6 is 12.2 Å². The molecule has 8 heavy (non-hydrogen) atoms. The van der Waals surface area contributed by atoms with E-state index in [-0.39, 0.29) is 0 Å². The van der Waals surface area contributed by atoms with Gasteiger partial charge in [0.15, 0.2) is 0 Å². The number of thiocarbonyl (C=S) groups is 1. The first-order chi connectivity index (χ1) is 3.80. The van der Waals surface area contributed by atoms with Crippen LogP contribution in [-0.4, -0.2) is 10.6 Å². The van der Waals surface area contributed by atoms with Crippen molar-refractivity contribution >= 4 is 22.8 Å². The van der Waals surface area contributed by atoms with Gasteiger partial charge in [-0.15, -0.1) is 0 Å². The third-order valence-corrected chi connectivity index (χ3v) is 1.54. The van der Waals surface area contributed by atoms with E-state index < -0.39 is 0 Å². The molecule has 0 fully saturated rings. The molecule has 0 unspecified atom stereocenters. The van der Waals surface area contributed by atoms with E-state index >= 15 is 0 Å². The summed E-state index contributed by atoms with van der Waals surface area (Å²) in [4.78, 5) is 4.97. The number of allylic oxidation sites excluding steroid dienone is 1. The van der Waals surface area contributed by atoms with E-state index in [9.17, 15) is 0 Å². The second kappa shape index (κ2) is 2.18. The predicted molar refractivity (Wildman–Crippen MR) is 39.5 cm³/mol. The fourth-order valence-corrected chi connectivity index (χ4v) is 0.693. The lowest BCUT2D eigenvalue weighted by Crippen LogP contribution is -2.07. The summed E-state index contributed by atoms with van der Waals surface area (Å²) in [7, 11) is 0. The summed E-state index contributed by atoms with van der Waals surface area (Å²) < 4.78 is 0. The quantitative estimate of drug-likeness (QED) is 0.449. The van der Waals surface area contributed by atoms with Crippen molar-refractivity contribution in [1.82, 2.24) is 0 Å². The Bertz CT molecular complexity index is 167. The smallest absolute Gasteiger partial charge is 0.0514 e. The first-order valence-corrected chi connectivity index (χ1v) is 2.94. The van der Waals surface area contributed by atoms with Gasteiger partial charge in [-0.1, -0.05) is 18.3 Å². The van der Waals surface area contributed by atoms with Gasteiger partial charge < -0.3 is 0 Å². The molecule has 0 spiro atoms. The summed E-state index contributed by atoms with van der Waals surface area (Å²) in [5, 5.41) is 0. The maximum absolute atomic E-state index is 4.95. The second-order valence-corrected chi connectivity index (χ2v) is 2.22. The third-order valence-electron chi connectivity index (χ3n) is 1.08. The minimum absolute atomic E-state index is 0.894. The highest BCUT2D eigenvalue weighted by Gasteiger charge is 1.99. The van der Waals surface area contributed by atoms with Crippen LogP contribution in [0, 0.1) is 0 Å². The molecule has 0 saturated carbocycles. The molecular weight excluding hydrogens is 118 g/mol. The van der Waals surface area contributed by atoms with Crippen LogP contribution in [-0.2, 0) is 0 Å². The zero-order chi connectivity index (χ0) is 5.98. The van der Waals surface area contributed by atoms with Gasteiger partial charge in [0.2, 0.25) is 0 Å². The van der Waals surface area contributed by atoms with Gasteiger partial charge in [-0.2, -0.15) is 0 Å². The van der Waals surface area contributed by atoms with Crippen LogP contribution in [0.3, 0.4) is 0 Å². The van der Waals surface area contributed by atoms with Crippen molar-refractivity contribution in [3.63, 3.8) is 0 Å². The highest BCUT2D eigenvalue weighted by molar-refractivity contribution is 7.82. The number of rotatable bonds is 0. The summed E-state index contributed by atoms with van der Waals surface area (Å²) in [5.74, 6) is 0. The van der Waals surface area contributed by atoms with Crippen molar-refractivity contribution in [3.05, 3.63) is 12.3 Å². The molecule has 1 aliphatic heterocycles. The zero-order valence-corrected chi connectivity index (χ0v) is 5.53. The highest BCUT2D eigenvalue weighted by Crippen LogP contribution is 1.99. The molecule has 42 valence electrons. The summed E-state index contributed by atoms with van der Waals surface area (Å²) >= 11 is 4.95. The van der Waals surface area contributed by atoms with Gasteiger partial charge in [-0.3, -0.25) is 4.99 Å². The summed E-state index contributed by atoms with van der Waals surface area (Å²) in [6.07, 6.45) is 4.66. The lowest BCUT2D eigenvalue weighted by atomic mass is 10.2. The molecule has 1 rings (SSSR count). The van der Waals surface area contributed by atoms with Crippen LogP contribution in [0.15, 0.2) is 17.3 Å². The van der Waals surface area contributed by atoms with Crippen molar-refractivity contribution in [3.8, 4) is 0 Å². The number of hydrogen-bond donors (Lipinski definition) is 0. The maximum Gasteiger partial charge on any atom is 0.0514 e. The van der Waals surface area contributed by atoms with Crippen molar-refractivity contribution in [1.29, 1.82) is 0 Å². The van der Waals surface area contributed by atoms with Crippen LogP contribution in [0.5, 0.6) is 0 Å². The molecule has 0 amide bonds. The maximum atomic E-state index is 4.95.